The zero-order chi connectivity index (χ0) is 13.0. The highest BCUT2D eigenvalue weighted by Crippen LogP contribution is 2.19. The second-order valence-corrected chi connectivity index (χ2v) is 5.86. The molecule has 0 aromatic heterocycles. The van der Waals surface area contributed by atoms with E-state index >= 15 is 0 Å². The lowest BCUT2D eigenvalue weighted by Gasteiger charge is -2.30. The van der Waals surface area contributed by atoms with E-state index in [0.29, 0.717) is 5.92 Å². The molecule has 1 heterocycles. The first-order valence-electron chi connectivity index (χ1n) is 7.20. The van der Waals surface area contributed by atoms with Gasteiger partial charge in [0, 0.05) is 13.1 Å². The van der Waals surface area contributed by atoms with E-state index in [1.807, 2.05) is 0 Å². The summed E-state index contributed by atoms with van der Waals surface area (Å²) in [5, 5.41) is 0. The van der Waals surface area contributed by atoms with Crippen LogP contribution < -0.4 is 5.73 Å². The monoisotopic (exact) mass is 246 g/mol. The summed E-state index contributed by atoms with van der Waals surface area (Å²) >= 11 is 0. The quantitative estimate of drug-likeness (QED) is 0.885. The maximum Gasteiger partial charge on any atom is 0.0233 e. The molecule has 1 aromatic rings. The Labute approximate surface area is 111 Å². The molecular weight excluding hydrogens is 220 g/mol. The Balaban J connectivity index is 1.93. The zero-order valence-electron chi connectivity index (χ0n) is 11.7. The number of rotatable bonds is 4. The van der Waals surface area contributed by atoms with Gasteiger partial charge in [-0.1, -0.05) is 38.1 Å². The molecule has 2 heteroatoms. The van der Waals surface area contributed by atoms with Crippen LogP contribution in [0.5, 0.6) is 0 Å². The number of likely N-dealkylation sites (tertiary alicyclic amines) is 1. The second-order valence-electron chi connectivity index (χ2n) is 5.86. The molecule has 2 atom stereocenters. The van der Waals surface area contributed by atoms with Crippen molar-refractivity contribution >= 4 is 0 Å². The molecule has 1 aromatic carbocycles. The number of hydrogen-bond donors (Lipinski definition) is 1. The van der Waals surface area contributed by atoms with E-state index in [-0.39, 0.29) is 0 Å². The van der Waals surface area contributed by atoms with Crippen molar-refractivity contribution in [3.05, 3.63) is 35.4 Å². The van der Waals surface area contributed by atoms with Crippen LogP contribution in [0.1, 0.15) is 43.7 Å². The van der Waals surface area contributed by atoms with Gasteiger partial charge < -0.3 is 5.73 Å². The van der Waals surface area contributed by atoms with Crippen molar-refractivity contribution in [3.8, 4) is 0 Å². The summed E-state index contributed by atoms with van der Waals surface area (Å²) in [5.41, 5.74) is 8.48. The Morgan fingerprint density at radius 3 is 2.67 bits per heavy atom. The molecule has 1 saturated heterocycles. The van der Waals surface area contributed by atoms with E-state index in [1.54, 1.807) is 0 Å². The lowest BCUT2D eigenvalue weighted by atomic mass is 9.98. The van der Waals surface area contributed by atoms with Gasteiger partial charge >= 0.3 is 0 Å². The van der Waals surface area contributed by atoms with Crippen LogP contribution in [0.15, 0.2) is 24.3 Å². The van der Waals surface area contributed by atoms with Gasteiger partial charge in [0.15, 0.2) is 0 Å². The van der Waals surface area contributed by atoms with E-state index < -0.39 is 0 Å². The Morgan fingerprint density at radius 1 is 1.33 bits per heavy atom. The Hall–Kier alpha value is -0.860. The standard InChI is InChI=1S/C16H26N2/c1-13-4-3-9-18(11-13)12-15-5-7-16(8-6-15)14(2)10-17/h5-8,13-14H,3-4,9-12,17H2,1-2H3. The van der Waals surface area contributed by atoms with Gasteiger partial charge in [0.2, 0.25) is 0 Å². The normalized spacial score (nSPS) is 22.9. The highest BCUT2D eigenvalue weighted by Gasteiger charge is 2.16. The minimum Gasteiger partial charge on any atom is -0.330 e. The number of nitrogens with two attached hydrogens (primary N) is 1. The predicted molar refractivity (Wildman–Crippen MR) is 77.6 cm³/mol. The molecule has 0 aliphatic carbocycles. The molecule has 0 radical (unpaired) electrons. The summed E-state index contributed by atoms with van der Waals surface area (Å²) in [6.45, 7) is 8.87. The smallest absolute Gasteiger partial charge is 0.0233 e. The number of benzene rings is 1. The van der Waals surface area contributed by atoms with Crippen LogP contribution in [0.4, 0.5) is 0 Å². The van der Waals surface area contributed by atoms with Crippen molar-refractivity contribution in [1.82, 2.24) is 4.90 Å². The summed E-state index contributed by atoms with van der Waals surface area (Å²) in [4.78, 5) is 2.58. The van der Waals surface area contributed by atoms with Gasteiger partial charge in [-0.05, 0) is 48.9 Å². The summed E-state index contributed by atoms with van der Waals surface area (Å²) < 4.78 is 0. The fraction of sp³-hybridized carbons (Fsp3) is 0.625. The first-order valence-corrected chi connectivity index (χ1v) is 7.20. The Morgan fingerprint density at radius 2 is 2.06 bits per heavy atom. The lowest BCUT2D eigenvalue weighted by Crippen LogP contribution is -2.33. The van der Waals surface area contributed by atoms with E-state index in [4.69, 9.17) is 5.73 Å². The van der Waals surface area contributed by atoms with Crippen LogP contribution >= 0.6 is 0 Å². The van der Waals surface area contributed by atoms with Crippen LogP contribution in [-0.2, 0) is 6.54 Å². The maximum atomic E-state index is 5.70. The highest BCUT2D eigenvalue weighted by atomic mass is 15.1. The lowest BCUT2D eigenvalue weighted by molar-refractivity contribution is 0.176. The van der Waals surface area contributed by atoms with Crippen molar-refractivity contribution in [1.29, 1.82) is 0 Å². The first-order chi connectivity index (χ1) is 8.69. The number of nitrogens with zero attached hydrogens (tertiary/aromatic N) is 1. The maximum absolute atomic E-state index is 5.70. The topological polar surface area (TPSA) is 29.3 Å². The Bertz CT molecular complexity index is 358. The minimum atomic E-state index is 0.467. The van der Waals surface area contributed by atoms with E-state index in [0.717, 1.165) is 19.0 Å². The van der Waals surface area contributed by atoms with Gasteiger partial charge in [-0.15, -0.1) is 0 Å². The van der Waals surface area contributed by atoms with E-state index in [9.17, 15) is 0 Å². The average molecular weight is 246 g/mol. The third-order valence-electron chi connectivity index (χ3n) is 4.05. The molecule has 0 spiro atoms. The van der Waals surface area contributed by atoms with Crippen molar-refractivity contribution in [2.24, 2.45) is 11.7 Å². The molecule has 1 fully saturated rings. The molecule has 2 nitrogen and oxygen atoms in total. The SMILES string of the molecule is CC1CCCN(Cc2ccc(C(C)CN)cc2)C1. The number of piperidine rings is 1. The van der Waals surface area contributed by atoms with Crippen molar-refractivity contribution in [3.63, 3.8) is 0 Å². The molecule has 1 aliphatic rings. The summed E-state index contributed by atoms with van der Waals surface area (Å²) in [6.07, 6.45) is 2.74. The fourth-order valence-electron chi connectivity index (χ4n) is 2.78. The summed E-state index contributed by atoms with van der Waals surface area (Å²) in [6, 6.07) is 9.00. The molecule has 18 heavy (non-hydrogen) atoms. The van der Waals surface area contributed by atoms with Gasteiger partial charge in [-0.2, -0.15) is 0 Å². The van der Waals surface area contributed by atoms with Crippen molar-refractivity contribution < 1.29 is 0 Å². The molecule has 1 aliphatic heterocycles. The molecule has 0 bridgehead atoms. The molecule has 2 N–H and O–H groups in total. The third-order valence-corrected chi connectivity index (χ3v) is 4.05. The van der Waals surface area contributed by atoms with Crippen LogP contribution in [0.2, 0.25) is 0 Å². The van der Waals surface area contributed by atoms with Crippen molar-refractivity contribution in [2.45, 2.75) is 39.2 Å². The van der Waals surface area contributed by atoms with Crippen molar-refractivity contribution in [2.75, 3.05) is 19.6 Å². The van der Waals surface area contributed by atoms with Crippen LogP contribution in [0.25, 0.3) is 0 Å². The predicted octanol–water partition coefficient (Wildman–Crippen LogP) is 2.98. The molecule has 0 saturated carbocycles. The second kappa shape index (κ2) is 6.35. The third kappa shape index (κ3) is 3.56. The van der Waals surface area contributed by atoms with Crippen LogP contribution in [-0.4, -0.2) is 24.5 Å². The molecule has 2 rings (SSSR count). The van der Waals surface area contributed by atoms with Gasteiger partial charge in [-0.25, -0.2) is 0 Å². The zero-order valence-corrected chi connectivity index (χ0v) is 11.7. The summed E-state index contributed by atoms with van der Waals surface area (Å²) in [7, 11) is 0. The average Bonchev–Trinajstić information content (AvgIpc) is 2.39. The van der Waals surface area contributed by atoms with Crippen LogP contribution in [0, 0.1) is 5.92 Å². The van der Waals surface area contributed by atoms with Gasteiger partial charge in [-0.3, -0.25) is 4.90 Å². The first kappa shape index (κ1) is 13.6. The highest BCUT2D eigenvalue weighted by molar-refractivity contribution is 5.25. The molecule has 0 amide bonds. The van der Waals surface area contributed by atoms with Crippen LogP contribution in [0.3, 0.4) is 0 Å². The fourth-order valence-corrected chi connectivity index (χ4v) is 2.78. The molecular formula is C16H26N2. The van der Waals surface area contributed by atoms with E-state index in [1.165, 1.54) is 37.1 Å². The summed E-state index contributed by atoms with van der Waals surface area (Å²) in [5.74, 6) is 1.32. The Kier molecular flexibility index (Phi) is 4.79. The minimum absolute atomic E-state index is 0.467. The van der Waals surface area contributed by atoms with Gasteiger partial charge in [0.25, 0.3) is 0 Å². The number of hydrogen-bond acceptors (Lipinski definition) is 2. The van der Waals surface area contributed by atoms with Gasteiger partial charge in [0.1, 0.15) is 0 Å². The molecule has 2 unspecified atom stereocenters. The van der Waals surface area contributed by atoms with E-state index in [2.05, 4.69) is 43.0 Å². The largest absolute Gasteiger partial charge is 0.330 e. The molecule has 100 valence electrons. The van der Waals surface area contributed by atoms with Gasteiger partial charge in [0.05, 0.1) is 0 Å².